The van der Waals surface area contributed by atoms with Gasteiger partial charge < -0.3 is 10.1 Å². The molecule has 1 aromatic heterocycles. The zero-order valence-corrected chi connectivity index (χ0v) is 16.9. The van der Waals surface area contributed by atoms with E-state index in [0.29, 0.717) is 16.0 Å². The van der Waals surface area contributed by atoms with Crippen LogP contribution in [0.1, 0.15) is 5.56 Å². The van der Waals surface area contributed by atoms with E-state index in [2.05, 4.69) is 10.4 Å². The second kappa shape index (κ2) is 8.46. The highest BCUT2D eigenvalue weighted by atomic mass is 32.2. The Morgan fingerprint density at radius 1 is 1.17 bits per heavy atom. The molecule has 1 N–H and O–H groups in total. The maximum Gasteiger partial charge on any atom is 0.267 e. The standard InChI is InChI=1S/C20H18FN3O5S/c1-13-6-7-17(16(21)10-13)22-18(25)12-24-20(26)9-8-19(23-24)30(27,28)15-5-3-4-14(11-15)29-2/h3-11H,12H2,1-2H3,(H,22,25). The lowest BCUT2D eigenvalue weighted by atomic mass is 10.2. The second-order valence-electron chi connectivity index (χ2n) is 6.38. The normalized spacial score (nSPS) is 11.2. The van der Waals surface area contributed by atoms with Crippen LogP contribution in [0.4, 0.5) is 10.1 Å². The summed E-state index contributed by atoms with van der Waals surface area (Å²) in [4.78, 5) is 24.2. The van der Waals surface area contributed by atoms with Gasteiger partial charge in [-0.1, -0.05) is 12.1 Å². The van der Waals surface area contributed by atoms with Gasteiger partial charge in [-0.2, -0.15) is 5.10 Å². The van der Waals surface area contributed by atoms with E-state index in [1.54, 1.807) is 19.1 Å². The van der Waals surface area contributed by atoms with Crippen molar-refractivity contribution in [3.63, 3.8) is 0 Å². The second-order valence-corrected chi connectivity index (χ2v) is 8.28. The van der Waals surface area contributed by atoms with E-state index in [0.717, 1.165) is 12.1 Å². The number of anilines is 1. The van der Waals surface area contributed by atoms with Crippen molar-refractivity contribution in [1.82, 2.24) is 9.78 Å². The van der Waals surface area contributed by atoms with E-state index in [-0.39, 0.29) is 10.6 Å². The number of aromatic nitrogens is 2. The Labute approximate surface area is 171 Å². The minimum absolute atomic E-state index is 0.0567. The molecule has 0 aliphatic heterocycles. The van der Waals surface area contributed by atoms with Crippen LogP contribution in [0.15, 0.2) is 69.3 Å². The van der Waals surface area contributed by atoms with E-state index in [1.165, 1.54) is 37.4 Å². The van der Waals surface area contributed by atoms with Gasteiger partial charge in [0.2, 0.25) is 15.7 Å². The smallest absolute Gasteiger partial charge is 0.267 e. The molecule has 3 aromatic rings. The van der Waals surface area contributed by atoms with Crippen molar-refractivity contribution in [2.24, 2.45) is 0 Å². The number of sulfone groups is 1. The maximum absolute atomic E-state index is 13.9. The van der Waals surface area contributed by atoms with Gasteiger partial charge in [-0.3, -0.25) is 9.59 Å². The van der Waals surface area contributed by atoms with Crippen molar-refractivity contribution in [2.45, 2.75) is 23.4 Å². The molecule has 0 unspecified atom stereocenters. The van der Waals surface area contributed by atoms with Gasteiger partial charge in [-0.25, -0.2) is 17.5 Å². The molecule has 30 heavy (non-hydrogen) atoms. The minimum Gasteiger partial charge on any atom is -0.497 e. The van der Waals surface area contributed by atoms with E-state index in [1.807, 2.05) is 0 Å². The Kier molecular flexibility index (Phi) is 5.97. The van der Waals surface area contributed by atoms with E-state index in [9.17, 15) is 22.4 Å². The Bertz CT molecular complexity index is 1270. The number of aryl methyl sites for hydroxylation is 1. The van der Waals surface area contributed by atoms with E-state index in [4.69, 9.17) is 4.74 Å². The summed E-state index contributed by atoms with van der Waals surface area (Å²) >= 11 is 0. The highest BCUT2D eigenvalue weighted by Crippen LogP contribution is 2.22. The number of carbonyl (C=O) groups excluding carboxylic acids is 1. The van der Waals surface area contributed by atoms with Crippen LogP contribution in [0.5, 0.6) is 5.75 Å². The highest BCUT2D eigenvalue weighted by molar-refractivity contribution is 7.91. The molecule has 0 aliphatic rings. The molecule has 1 heterocycles. The summed E-state index contributed by atoms with van der Waals surface area (Å²) in [5.74, 6) is -1.02. The van der Waals surface area contributed by atoms with Gasteiger partial charge in [0.1, 0.15) is 18.1 Å². The van der Waals surface area contributed by atoms with Gasteiger partial charge in [0.25, 0.3) is 5.56 Å². The monoisotopic (exact) mass is 431 g/mol. The summed E-state index contributed by atoms with van der Waals surface area (Å²) in [5.41, 5.74) is -0.0586. The van der Waals surface area contributed by atoms with Crippen molar-refractivity contribution >= 4 is 21.4 Å². The van der Waals surface area contributed by atoms with Crippen LogP contribution in [-0.2, 0) is 21.2 Å². The number of carbonyl (C=O) groups is 1. The Balaban J connectivity index is 1.87. The van der Waals surface area contributed by atoms with Gasteiger partial charge in [-0.05, 0) is 48.9 Å². The zero-order valence-electron chi connectivity index (χ0n) is 16.1. The van der Waals surface area contributed by atoms with Gasteiger partial charge in [-0.15, -0.1) is 0 Å². The lowest BCUT2D eigenvalue weighted by molar-refractivity contribution is -0.117. The van der Waals surface area contributed by atoms with Crippen LogP contribution in [0.2, 0.25) is 0 Å². The third kappa shape index (κ3) is 4.54. The fourth-order valence-corrected chi connectivity index (χ4v) is 3.85. The third-order valence-electron chi connectivity index (χ3n) is 4.16. The van der Waals surface area contributed by atoms with Crippen molar-refractivity contribution < 1.29 is 22.3 Å². The van der Waals surface area contributed by atoms with Crippen molar-refractivity contribution in [3.05, 3.63) is 76.3 Å². The molecule has 0 atom stereocenters. The molecular formula is C20H18FN3O5S. The minimum atomic E-state index is -4.06. The number of hydrogen-bond acceptors (Lipinski definition) is 6. The number of rotatable bonds is 6. The number of nitrogens with zero attached hydrogens (tertiary/aromatic N) is 2. The maximum atomic E-state index is 13.9. The molecule has 0 fully saturated rings. The quantitative estimate of drug-likeness (QED) is 0.641. The molecule has 0 radical (unpaired) electrons. The number of hydrogen-bond donors (Lipinski definition) is 1. The molecule has 1 amide bonds. The molecule has 2 aromatic carbocycles. The van der Waals surface area contributed by atoms with Gasteiger partial charge in [0, 0.05) is 6.07 Å². The average Bonchev–Trinajstić information content (AvgIpc) is 2.71. The van der Waals surface area contributed by atoms with E-state index < -0.39 is 38.7 Å². The summed E-state index contributed by atoms with van der Waals surface area (Å²) in [7, 11) is -2.66. The number of amides is 1. The molecule has 0 saturated carbocycles. The van der Waals surface area contributed by atoms with Gasteiger partial charge in [0.15, 0.2) is 5.03 Å². The zero-order chi connectivity index (χ0) is 21.9. The van der Waals surface area contributed by atoms with Crippen molar-refractivity contribution in [1.29, 1.82) is 0 Å². The van der Waals surface area contributed by atoms with E-state index >= 15 is 0 Å². The topological polar surface area (TPSA) is 107 Å². The first-order valence-corrected chi connectivity index (χ1v) is 10.2. The van der Waals surface area contributed by atoms with Crippen LogP contribution in [0.3, 0.4) is 0 Å². The summed E-state index contributed by atoms with van der Waals surface area (Å²) in [6.45, 7) is 1.11. The van der Waals surface area contributed by atoms with Crippen LogP contribution in [0.25, 0.3) is 0 Å². The number of methoxy groups -OCH3 is 1. The molecule has 8 nitrogen and oxygen atoms in total. The first-order chi connectivity index (χ1) is 14.2. The van der Waals surface area contributed by atoms with Crippen LogP contribution >= 0.6 is 0 Å². The molecule has 10 heteroatoms. The molecule has 3 rings (SSSR count). The van der Waals surface area contributed by atoms with Crippen LogP contribution < -0.4 is 15.6 Å². The van der Waals surface area contributed by atoms with Gasteiger partial charge in [0.05, 0.1) is 17.7 Å². The SMILES string of the molecule is COc1cccc(S(=O)(=O)c2ccc(=O)n(CC(=O)Nc3ccc(C)cc3F)n2)c1. The molecule has 0 bridgehead atoms. The highest BCUT2D eigenvalue weighted by Gasteiger charge is 2.22. The summed E-state index contributed by atoms with van der Waals surface area (Å²) in [6, 6.07) is 12.1. The molecule has 0 saturated heterocycles. The fourth-order valence-electron chi connectivity index (χ4n) is 2.62. The summed E-state index contributed by atoms with van der Waals surface area (Å²) < 4.78 is 45.3. The van der Waals surface area contributed by atoms with Crippen molar-refractivity contribution in [2.75, 3.05) is 12.4 Å². The van der Waals surface area contributed by atoms with Gasteiger partial charge >= 0.3 is 0 Å². The number of nitrogens with one attached hydrogen (secondary N) is 1. The fraction of sp³-hybridized carbons (Fsp3) is 0.150. The lowest BCUT2D eigenvalue weighted by Crippen LogP contribution is -2.30. The lowest BCUT2D eigenvalue weighted by Gasteiger charge is -2.10. The van der Waals surface area contributed by atoms with Crippen molar-refractivity contribution in [3.8, 4) is 5.75 Å². The number of halogens is 1. The molecule has 156 valence electrons. The Morgan fingerprint density at radius 3 is 2.63 bits per heavy atom. The van der Waals surface area contributed by atoms with Crippen LogP contribution in [-0.4, -0.2) is 31.2 Å². The first kappa shape index (κ1) is 21.2. The largest absolute Gasteiger partial charge is 0.497 e. The predicted molar refractivity (Wildman–Crippen MR) is 107 cm³/mol. The number of ether oxygens (including phenoxy) is 1. The summed E-state index contributed by atoms with van der Waals surface area (Å²) in [6.07, 6.45) is 0. The average molecular weight is 431 g/mol. The first-order valence-electron chi connectivity index (χ1n) is 8.74. The summed E-state index contributed by atoms with van der Waals surface area (Å²) in [5, 5.41) is 5.74. The molecule has 0 spiro atoms. The third-order valence-corrected chi connectivity index (χ3v) is 5.80. The Hall–Kier alpha value is -3.53. The van der Waals surface area contributed by atoms with Crippen LogP contribution in [0, 0.1) is 12.7 Å². The molecular weight excluding hydrogens is 413 g/mol. The molecule has 0 aliphatic carbocycles. The predicted octanol–water partition coefficient (Wildman–Crippen LogP) is 2.17. The number of benzene rings is 2. The Morgan fingerprint density at radius 2 is 1.93 bits per heavy atom.